The molecule has 10 heteroatoms. The molecule has 2 atom stereocenters. The first-order valence-corrected chi connectivity index (χ1v) is 11.3. The lowest BCUT2D eigenvalue weighted by Gasteiger charge is -2.33. The van der Waals surface area contributed by atoms with E-state index in [0.29, 0.717) is 17.0 Å². The third-order valence-electron chi connectivity index (χ3n) is 5.80. The molecule has 33 heavy (non-hydrogen) atoms. The summed E-state index contributed by atoms with van der Waals surface area (Å²) in [4.78, 5) is 13.8. The minimum absolute atomic E-state index is 0.122. The SMILES string of the molecule is CCc1c(C)sc(NC(=O)c2cc3n(n2)C(C(F)(F)F)CC(c2ccc(C)cc2)N3)c1C#N. The van der Waals surface area contributed by atoms with E-state index in [9.17, 15) is 23.2 Å². The van der Waals surface area contributed by atoms with Gasteiger partial charge in [0.25, 0.3) is 5.91 Å². The quantitative estimate of drug-likeness (QED) is 0.494. The van der Waals surface area contributed by atoms with Gasteiger partial charge in [0.05, 0.1) is 11.6 Å². The van der Waals surface area contributed by atoms with Crippen LogP contribution in [0.25, 0.3) is 0 Å². The number of aromatic nitrogens is 2. The second kappa shape index (κ2) is 8.56. The van der Waals surface area contributed by atoms with E-state index in [-0.39, 0.29) is 17.9 Å². The molecule has 1 aliphatic rings. The summed E-state index contributed by atoms with van der Waals surface area (Å²) in [5.74, 6) is -0.539. The predicted octanol–water partition coefficient (Wildman–Crippen LogP) is 5.91. The number of fused-ring (bicyclic) bond motifs is 1. The van der Waals surface area contributed by atoms with Crippen molar-refractivity contribution in [1.82, 2.24) is 9.78 Å². The third kappa shape index (κ3) is 4.33. The molecular weight excluding hydrogens is 451 g/mol. The van der Waals surface area contributed by atoms with Crippen molar-refractivity contribution in [2.24, 2.45) is 0 Å². The zero-order valence-electron chi connectivity index (χ0n) is 18.2. The van der Waals surface area contributed by atoms with Gasteiger partial charge >= 0.3 is 6.18 Å². The molecule has 3 heterocycles. The van der Waals surface area contributed by atoms with Gasteiger partial charge in [-0.15, -0.1) is 11.3 Å². The summed E-state index contributed by atoms with van der Waals surface area (Å²) < 4.78 is 42.5. The van der Waals surface area contributed by atoms with E-state index in [0.717, 1.165) is 26.2 Å². The van der Waals surface area contributed by atoms with Gasteiger partial charge in [0.1, 0.15) is 16.9 Å². The average Bonchev–Trinajstić information content (AvgIpc) is 3.32. The number of nitrogens with zero attached hydrogens (tertiary/aromatic N) is 3. The maximum atomic E-state index is 13.9. The number of nitriles is 1. The van der Waals surface area contributed by atoms with E-state index in [1.807, 2.05) is 32.9 Å². The largest absolute Gasteiger partial charge is 0.410 e. The highest BCUT2D eigenvalue weighted by Crippen LogP contribution is 2.43. The summed E-state index contributed by atoms with van der Waals surface area (Å²) in [6.07, 6.45) is -4.14. The molecule has 1 aliphatic heterocycles. The van der Waals surface area contributed by atoms with Crippen LogP contribution < -0.4 is 10.6 Å². The molecule has 2 unspecified atom stereocenters. The number of aryl methyl sites for hydroxylation is 2. The fourth-order valence-electron chi connectivity index (χ4n) is 4.08. The van der Waals surface area contributed by atoms with Crippen LogP contribution in [0.4, 0.5) is 24.0 Å². The van der Waals surface area contributed by atoms with Crippen molar-refractivity contribution in [3.05, 3.63) is 63.2 Å². The lowest BCUT2D eigenvalue weighted by Crippen LogP contribution is -2.35. The monoisotopic (exact) mass is 473 g/mol. The third-order valence-corrected chi connectivity index (χ3v) is 6.87. The molecule has 0 aliphatic carbocycles. The van der Waals surface area contributed by atoms with Crippen molar-refractivity contribution < 1.29 is 18.0 Å². The minimum atomic E-state index is -4.53. The Morgan fingerprint density at radius 2 is 2.03 bits per heavy atom. The van der Waals surface area contributed by atoms with Crippen LogP contribution in [0, 0.1) is 25.2 Å². The number of alkyl halides is 3. The first kappa shape index (κ1) is 22.9. The number of amides is 1. The minimum Gasteiger partial charge on any atom is -0.363 e. The first-order chi connectivity index (χ1) is 15.6. The van der Waals surface area contributed by atoms with E-state index in [1.165, 1.54) is 17.4 Å². The zero-order valence-corrected chi connectivity index (χ0v) is 19.1. The van der Waals surface area contributed by atoms with E-state index in [1.54, 1.807) is 12.1 Å². The van der Waals surface area contributed by atoms with Crippen LogP contribution >= 0.6 is 11.3 Å². The van der Waals surface area contributed by atoms with Gasteiger partial charge in [0.2, 0.25) is 0 Å². The van der Waals surface area contributed by atoms with Gasteiger partial charge in [0.15, 0.2) is 11.7 Å². The number of hydrogen-bond donors (Lipinski definition) is 2. The number of carbonyl (C=O) groups excluding carboxylic acids is 1. The number of halogens is 3. The van der Waals surface area contributed by atoms with Crippen LogP contribution in [0.15, 0.2) is 30.3 Å². The van der Waals surface area contributed by atoms with Crippen molar-refractivity contribution >= 4 is 28.1 Å². The molecule has 172 valence electrons. The Morgan fingerprint density at radius 1 is 1.33 bits per heavy atom. The van der Waals surface area contributed by atoms with Gasteiger partial charge < -0.3 is 10.6 Å². The molecule has 0 fully saturated rings. The van der Waals surface area contributed by atoms with Gasteiger partial charge in [-0.1, -0.05) is 36.8 Å². The molecular formula is C23H22F3N5OS. The molecule has 3 aromatic rings. The van der Waals surface area contributed by atoms with Crippen LogP contribution in [0.5, 0.6) is 0 Å². The Bertz CT molecular complexity index is 1240. The van der Waals surface area contributed by atoms with Crippen molar-refractivity contribution in [3.63, 3.8) is 0 Å². The maximum Gasteiger partial charge on any atom is 0.410 e. The Hall–Kier alpha value is -3.32. The molecule has 0 radical (unpaired) electrons. The number of rotatable bonds is 4. The second-order valence-electron chi connectivity index (χ2n) is 8.02. The number of hydrogen-bond acceptors (Lipinski definition) is 5. The molecule has 2 N–H and O–H groups in total. The molecule has 0 saturated heterocycles. The predicted molar refractivity (Wildman–Crippen MR) is 121 cm³/mol. The fraction of sp³-hybridized carbons (Fsp3) is 0.348. The van der Waals surface area contributed by atoms with Gasteiger partial charge in [-0.25, -0.2) is 4.68 Å². The summed E-state index contributed by atoms with van der Waals surface area (Å²) in [7, 11) is 0. The summed E-state index contributed by atoms with van der Waals surface area (Å²) in [5, 5.41) is 19.6. The van der Waals surface area contributed by atoms with E-state index in [4.69, 9.17) is 0 Å². The number of anilines is 2. The summed E-state index contributed by atoms with van der Waals surface area (Å²) in [6.45, 7) is 5.68. The number of nitrogens with one attached hydrogen (secondary N) is 2. The molecule has 0 saturated carbocycles. The highest BCUT2D eigenvalue weighted by molar-refractivity contribution is 7.16. The number of carbonyl (C=O) groups is 1. The smallest absolute Gasteiger partial charge is 0.363 e. The first-order valence-electron chi connectivity index (χ1n) is 10.5. The molecule has 6 nitrogen and oxygen atoms in total. The molecule has 1 amide bonds. The van der Waals surface area contributed by atoms with Crippen LogP contribution in [0.2, 0.25) is 0 Å². The van der Waals surface area contributed by atoms with Gasteiger partial charge in [-0.2, -0.15) is 23.5 Å². The molecule has 2 aromatic heterocycles. The van der Waals surface area contributed by atoms with Crippen molar-refractivity contribution in [2.75, 3.05) is 10.6 Å². The Labute approximate surface area is 193 Å². The van der Waals surface area contributed by atoms with E-state index in [2.05, 4.69) is 21.8 Å². The van der Waals surface area contributed by atoms with E-state index >= 15 is 0 Å². The molecule has 4 rings (SSSR count). The highest BCUT2D eigenvalue weighted by atomic mass is 32.1. The maximum absolute atomic E-state index is 13.9. The van der Waals surface area contributed by atoms with Crippen molar-refractivity contribution in [2.45, 2.75) is 51.9 Å². The summed E-state index contributed by atoms with van der Waals surface area (Å²) in [6, 6.07) is 8.29. The van der Waals surface area contributed by atoms with E-state index < -0.39 is 24.2 Å². The lowest BCUT2D eigenvalue weighted by molar-refractivity contribution is -0.173. The van der Waals surface area contributed by atoms with Crippen LogP contribution in [-0.2, 0) is 6.42 Å². The molecule has 0 bridgehead atoms. The summed E-state index contributed by atoms with van der Waals surface area (Å²) >= 11 is 1.27. The van der Waals surface area contributed by atoms with Crippen molar-refractivity contribution in [1.29, 1.82) is 5.26 Å². The van der Waals surface area contributed by atoms with Crippen LogP contribution in [-0.4, -0.2) is 21.9 Å². The number of benzene rings is 1. The Kier molecular flexibility index (Phi) is 5.93. The van der Waals surface area contributed by atoms with Crippen LogP contribution in [0.1, 0.15) is 63.0 Å². The standard InChI is InChI=1S/C23H22F3N5OS/c1-4-15-13(3)33-22(16(15)11-27)29-21(32)18-10-20-28-17(14-7-5-12(2)6-8-14)9-19(23(24,25)26)31(20)30-18/h5-8,10,17,19,28H,4,9H2,1-3H3,(H,29,32). The highest BCUT2D eigenvalue weighted by Gasteiger charge is 2.46. The average molecular weight is 474 g/mol. The summed E-state index contributed by atoms with van der Waals surface area (Å²) in [5.41, 5.74) is 2.82. The van der Waals surface area contributed by atoms with Crippen molar-refractivity contribution in [3.8, 4) is 6.07 Å². The van der Waals surface area contributed by atoms with Gasteiger partial charge in [0, 0.05) is 17.4 Å². The fourth-order valence-corrected chi connectivity index (χ4v) is 5.17. The van der Waals surface area contributed by atoms with Crippen LogP contribution in [0.3, 0.4) is 0 Å². The van der Waals surface area contributed by atoms with Gasteiger partial charge in [-0.05, 0) is 31.4 Å². The number of thiophene rings is 1. The zero-order chi connectivity index (χ0) is 23.9. The normalized spacial score (nSPS) is 17.7. The van der Waals surface area contributed by atoms with Gasteiger partial charge in [-0.3, -0.25) is 4.79 Å². The molecule has 1 aromatic carbocycles. The lowest BCUT2D eigenvalue weighted by atomic mass is 9.96. The Morgan fingerprint density at radius 3 is 2.64 bits per heavy atom. The molecule has 0 spiro atoms. The second-order valence-corrected chi connectivity index (χ2v) is 9.25. The topological polar surface area (TPSA) is 82.7 Å². The Balaban J connectivity index is 1.66.